The van der Waals surface area contributed by atoms with Crippen LogP contribution < -0.4 is 5.32 Å². The number of hydrogen-bond acceptors (Lipinski definition) is 3. The fourth-order valence-corrected chi connectivity index (χ4v) is 2.75. The van der Waals surface area contributed by atoms with Crippen LogP contribution in [0.4, 0.5) is 0 Å². The fourth-order valence-electron chi connectivity index (χ4n) is 1.78. The molecule has 6 heteroatoms. The molecule has 0 aromatic carbocycles. The van der Waals surface area contributed by atoms with Crippen LogP contribution in [-0.4, -0.2) is 37.4 Å². The Hall–Kier alpha value is -0.850. The van der Waals surface area contributed by atoms with Gasteiger partial charge in [0.15, 0.2) is 0 Å². The number of sulfonamides is 1. The molecular formula is C13H25N3O2S. The summed E-state index contributed by atoms with van der Waals surface area (Å²) < 4.78 is 27.5. The van der Waals surface area contributed by atoms with E-state index < -0.39 is 10.0 Å². The summed E-state index contributed by atoms with van der Waals surface area (Å²) in [6, 6.07) is 2.14. The topological polar surface area (TPSA) is 54.3 Å². The van der Waals surface area contributed by atoms with Crippen LogP contribution in [0, 0.1) is 0 Å². The second-order valence-electron chi connectivity index (χ2n) is 5.18. The first-order valence-electron chi connectivity index (χ1n) is 6.64. The van der Waals surface area contributed by atoms with Crippen molar-refractivity contribution in [1.82, 2.24) is 14.2 Å². The molecule has 0 aliphatic rings. The van der Waals surface area contributed by atoms with Crippen molar-refractivity contribution >= 4 is 10.0 Å². The molecule has 0 aliphatic carbocycles. The van der Waals surface area contributed by atoms with E-state index in [1.165, 1.54) is 4.31 Å². The molecule has 0 saturated carbocycles. The molecule has 0 aliphatic heterocycles. The monoisotopic (exact) mass is 287 g/mol. The van der Waals surface area contributed by atoms with Crippen molar-refractivity contribution in [1.29, 1.82) is 0 Å². The van der Waals surface area contributed by atoms with E-state index in [-0.39, 0.29) is 0 Å². The van der Waals surface area contributed by atoms with Gasteiger partial charge in [0.2, 0.25) is 10.0 Å². The molecule has 0 bridgehead atoms. The molecule has 1 heterocycles. The third-order valence-corrected chi connectivity index (χ3v) is 4.68. The fraction of sp³-hybridized carbons (Fsp3) is 0.692. The highest BCUT2D eigenvalue weighted by atomic mass is 32.2. The van der Waals surface area contributed by atoms with E-state index in [0.29, 0.717) is 17.5 Å². The predicted molar refractivity (Wildman–Crippen MR) is 77.6 cm³/mol. The number of nitrogens with one attached hydrogen (secondary N) is 1. The van der Waals surface area contributed by atoms with Crippen molar-refractivity contribution in [3.05, 3.63) is 18.0 Å². The minimum atomic E-state index is -3.35. The maximum Gasteiger partial charge on any atom is 0.244 e. The van der Waals surface area contributed by atoms with Gasteiger partial charge in [-0.1, -0.05) is 20.8 Å². The van der Waals surface area contributed by atoms with Gasteiger partial charge < -0.3 is 9.88 Å². The van der Waals surface area contributed by atoms with Gasteiger partial charge in [-0.25, -0.2) is 12.7 Å². The van der Waals surface area contributed by atoms with E-state index in [0.717, 1.165) is 18.7 Å². The van der Waals surface area contributed by atoms with E-state index in [2.05, 4.69) is 26.1 Å². The Morgan fingerprint density at radius 1 is 1.37 bits per heavy atom. The Morgan fingerprint density at radius 2 is 2.00 bits per heavy atom. The van der Waals surface area contributed by atoms with E-state index in [1.54, 1.807) is 26.4 Å². The van der Waals surface area contributed by atoms with Crippen molar-refractivity contribution in [2.24, 2.45) is 0 Å². The van der Waals surface area contributed by atoms with Crippen LogP contribution >= 0.6 is 0 Å². The quantitative estimate of drug-likeness (QED) is 0.829. The molecule has 0 radical (unpaired) electrons. The lowest BCUT2D eigenvalue weighted by atomic mass is 10.3. The summed E-state index contributed by atoms with van der Waals surface area (Å²) in [5, 5.41) is 3.33. The first-order valence-corrected chi connectivity index (χ1v) is 8.08. The molecule has 0 saturated heterocycles. The molecule has 1 N–H and O–H groups in total. The number of aryl methyl sites for hydroxylation is 1. The third kappa shape index (κ3) is 4.06. The normalized spacial score (nSPS) is 12.6. The zero-order valence-corrected chi connectivity index (χ0v) is 13.3. The highest BCUT2D eigenvalue weighted by Crippen LogP contribution is 2.18. The van der Waals surface area contributed by atoms with Crippen LogP contribution in [0.2, 0.25) is 0 Å². The van der Waals surface area contributed by atoms with Gasteiger partial charge in [0, 0.05) is 45.1 Å². The Kier molecular flexibility index (Phi) is 5.58. The standard InChI is InChI=1S/C13H25N3O2S/c1-6-7-16-10-13(19(17,18)15(4)5)8-12(16)9-14-11(2)3/h8,10-11,14H,6-7,9H2,1-5H3. The molecule has 1 rings (SSSR count). The molecule has 0 unspecified atom stereocenters. The summed E-state index contributed by atoms with van der Waals surface area (Å²) >= 11 is 0. The van der Waals surface area contributed by atoms with Crippen LogP contribution in [0.5, 0.6) is 0 Å². The molecule has 19 heavy (non-hydrogen) atoms. The minimum Gasteiger partial charge on any atom is -0.349 e. The molecule has 110 valence electrons. The largest absolute Gasteiger partial charge is 0.349 e. The average Bonchev–Trinajstić information content (AvgIpc) is 2.70. The van der Waals surface area contributed by atoms with Crippen LogP contribution in [0.3, 0.4) is 0 Å². The van der Waals surface area contributed by atoms with Crippen molar-refractivity contribution < 1.29 is 8.42 Å². The van der Waals surface area contributed by atoms with Gasteiger partial charge >= 0.3 is 0 Å². The molecule has 1 aromatic rings. The summed E-state index contributed by atoms with van der Waals surface area (Å²) in [5.74, 6) is 0. The van der Waals surface area contributed by atoms with Crippen LogP contribution in [0.25, 0.3) is 0 Å². The van der Waals surface area contributed by atoms with E-state index in [1.807, 2.05) is 4.57 Å². The molecule has 1 aromatic heterocycles. The molecule has 0 atom stereocenters. The lowest BCUT2D eigenvalue weighted by Crippen LogP contribution is -2.23. The molecule has 0 fully saturated rings. The van der Waals surface area contributed by atoms with E-state index in [4.69, 9.17) is 0 Å². The van der Waals surface area contributed by atoms with Gasteiger partial charge in [0.05, 0.1) is 0 Å². The third-order valence-electron chi connectivity index (χ3n) is 2.90. The van der Waals surface area contributed by atoms with Gasteiger partial charge in [-0.05, 0) is 12.5 Å². The highest BCUT2D eigenvalue weighted by Gasteiger charge is 2.20. The molecule has 0 amide bonds. The minimum absolute atomic E-state index is 0.367. The van der Waals surface area contributed by atoms with Crippen molar-refractivity contribution in [3.8, 4) is 0 Å². The van der Waals surface area contributed by atoms with E-state index in [9.17, 15) is 8.42 Å². The Labute approximate surface area is 116 Å². The zero-order valence-electron chi connectivity index (χ0n) is 12.5. The van der Waals surface area contributed by atoms with Gasteiger partial charge in [0.25, 0.3) is 0 Å². The van der Waals surface area contributed by atoms with Crippen LogP contribution in [-0.2, 0) is 23.1 Å². The smallest absolute Gasteiger partial charge is 0.244 e. The van der Waals surface area contributed by atoms with Gasteiger partial charge in [-0.3, -0.25) is 0 Å². The second kappa shape index (κ2) is 6.54. The van der Waals surface area contributed by atoms with Gasteiger partial charge in [-0.2, -0.15) is 0 Å². The lowest BCUT2D eigenvalue weighted by Gasteiger charge is -2.10. The molecule has 0 spiro atoms. The van der Waals surface area contributed by atoms with Crippen molar-refractivity contribution in [2.45, 2.75) is 51.2 Å². The van der Waals surface area contributed by atoms with Gasteiger partial charge in [-0.15, -0.1) is 0 Å². The summed E-state index contributed by atoms with van der Waals surface area (Å²) in [6.45, 7) is 7.74. The Morgan fingerprint density at radius 3 is 2.47 bits per heavy atom. The van der Waals surface area contributed by atoms with E-state index >= 15 is 0 Å². The summed E-state index contributed by atoms with van der Waals surface area (Å²) in [7, 11) is -0.243. The Balaban J connectivity index is 3.07. The number of rotatable bonds is 7. The number of hydrogen-bond donors (Lipinski definition) is 1. The first kappa shape index (κ1) is 16.2. The molecular weight excluding hydrogens is 262 g/mol. The summed E-state index contributed by atoms with van der Waals surface area (Å²) in [6.07, 6.45) is 2.71. The average molecular weight is 287 g/mol. The van der Waals surface area contributed by atoms with Crippen molar-refractivity contribution in [2.75, 3.05) is 14.1 Å². The predicted octanol–water partition coefficient (Wildman–Crippen LogP) is 1.65. The Bertz CT molecular complexity index is 504. The second-order valence-corrected chi connectivity index (χ2v) is 7.34. The highest BCUT2D eigenvalue weighted by molar-refractivity contribution is 7.89. The number of aromatic nitrogens is 1. The molecule has 5 nitrogen and oxygen atoms in total. The van der Waals surface area contributed by atoms with Crippen LogP contribution in [0.15, 0.2) is 17.2 Å². The van der Waals surface area contributed by atoms with Gasteiger partial charge in [0.1, 0.15) is 4.90 Å². The zero-order chi connectivity index (χ0) is 14.6. The van der Waals surface area contributed by atoms with Crippen LogP contribution in [0.1, 0.15) is 32.9 Å². The maximum absolute atomic E-state index is 12.1. The summed E-state index contributed by atoms with van der Waals surface area (Å²) in [4.78, 5) is 0.367. The van der Waals surface area contributed by atoms with Crippen molar-refractivity contribution in [3.63, 3.8) is 0 Å². The maximum atomic E-state index is 12.1. The summed E-state index contributed by atoms with van der Waals surface area (Å²) in [5.41, 5.74) is 1.01. The number of nitrogens with zero attached hydrogens (tertiary/aromatic N) is 2. The first-order chi connectivity index (χ1) is 8.78. The lowest BCUT2D eigenvalue weighted by molar-refractivity contribution is 0.520. The SMILES string of the molecule is CCCn1cc(S(=O)(=O)N(C)C)cc1CNC(C)C.